The number of carbonyl (C=O) groups excluding carboxylic acids is 1. The zero-order valence-corrected chi connectivity index (χ0v) is 16.1. The number of nitrogens with one attached hydrogen (secondary N) is 1. The maximum absolute atomic E-state index is 12.1. The van der Waals surface area contributed by atoms with Gasteiger partial charge in [-0.15, -0.1) is 15.3 Å². The van der Waals surface area contributed by atoms with Gasteiger partial charge in [-0.2, -0.15) is 0 Å². The highest BCUT2D eigenvalue weighted by atomic mass is 32.2. The molecule has 28 heavy (non-hydrogen) atoms. The van der Waals surface area contributed by atoms with Crippen LogP contribution in [-0.4, -0.2) is 41.4 Å². The van der Waals surface area contributed by atoms with Crippen LogP contribution in [-0.2, 0) is 24.9 Å². The number of amides is 1. The fourth-order valence-corrected chi connectivity index (χ4v) is 3.51. The van der Waals surface area contributed by atoms with E-state index in [0.29, 0.717) is 18.2 Å². The van der Waals surface area contributed by atoms with Crippen LogP contribution in [0.4, 0.5) is 0 Å². The second-order valence-electron chi connectivity index (χ2n) is 6.24. The average molecular weight is 393 g/mol. The van der Waals surface area contributed by atoms with E-state index < -0.39 is 0 Å². The van der Waals surface area contributed by atoms with Gasteiger partial charge in [0, 0.05) is 13.6 Å². The van der Waals surface area contributed by atoms with Gasteiger partial charge in [-0.05, 0) is 17.7 Å². The van der Waals surface area contributed by atoms with Crippen LogP contribution in [0.25, 0.3) is 11.0 Å². The maximum atomic E-state index is 12.1. The molecule has 142 valence electrons. The third kappa shape index (κ3) is 4.04. The minimum absolute atomic E-state index is 0.0410. The Morgan fingerprint density at radius 1 is 1.04 bits per heavy atom. The number of nitrogens with zero attached hydrogens (tertiary/aromatic N) is 6. The number of rotatable bonds is 7. The van der Waals surface area contributed by atoms with E-state index in [1.54, 1.807) is 4.68 Å². The van der Waals surface area contributed by atoms with Gasteiger partial charge in [-0.1, -0.05) is 59.4 Å². The SMILES string of the molecule is Cn1c(Cn2nnc3ccccc32)nnc1SCC(=O)NCc1ccccc1. The van der Waals surface area contributed by atoms with Crippen molar-refractivity contribution < 1.29 is 4.79 Å². The molecule has 0 saturated carbocycles. The van der Waals surface area contributed by atoms with Crippen molar-refractivity contribution in [3.8, 4) is 0 Å². The first-order valence-corrected chi connectivity index (χ1v) is 9.79. The second kappa shape index (κ2) is 8.22. The summed E-state index contributed by atoms with van der Waals surface area (Å²) in [4.78, 5) is 12.1. The summed E-state index contributed by atoms with van der Waals surface area (Å²) in [6.45, 7) is 0.981. The molecule has 2 aromatic heterocycles. The molecule has 0 unspecified atom stereocenters. The molecule has 0 spiro atoms. The van der Waals surface area contributed by atoms with Crippen molar-refractivity contribution in [1.82, 2.24) is 35.1 Å². The molecule has 2 aromatic carbocycles. The molecule has 0 radical (unpaired) electrons. The fraction of sp³-hybridized carbons (Fsp3) is 0.211. The Morgan fingerprint density at radius 3 is 2.68 bits per heavy atom. The van der Waals surface area contributed by atoms with Crippen molar-refractivity contribution in [3.05, 3.63) is 66.0 Å². The van der Waals surface area contributed by atoms with Gasteiger partial charge in [0.25, 0.3) is 0 Å². The summed E-state index contributed by atoms with van der Waals surface area (Å²) in [5.41, 5.74) is 2.86. The molecule has 0 aliphatic carbocycles. The first kappa shape index (κ1) is 18.2. The average Bonchev–Trinajstić information content (AvgIpc) is 3.30. The van der Waals surface area contributed by atoms with Gasteiger partial charge >= 0.3 is 0 Å². The van der Waals surface area contributed by atoms with E-state index in [0.717, 1.165) is 22.4 Å². The summed E-state index contributed by atoms with van der Waals surface area (Å²) in [5.74, 6) is 0.994. The van der Waals surface area contributed by atoms with Crippen molar-refractivity contribution >= 4 is 28.7 Å². The Kier molecular flexibility index (Phi) is 5.34. The second-order valence-corrected chi connectivity index (χ2v) is 7.19. The Balaban J connectivity index is 1.35. The number of thioether (sulfide) groups is 1. The third-order valence-corrected chi connectivity index (χ3v) is 5.32. The van der Waals surface area contributed by atoms with Crippen molar-refractivity contribution in [1.29, 1.82) is 0 Å². The lowest BCUT2D eigenvalue weighted by Gasteiger charge is -2.06. The van der Waals surface area contributed by atoms with Gasteiger partial charge < -0.3 is 9.88 Å². The normalized spacial score (nSPS) is 11.0. The molecule has 4 aromatic rings. The molecule has 0 aliphatic rings. The van der Waals surface area contributed by atoms with Crippen molar-refractivity contribution in [2.45, 2.75) is 18.2 Å². The monoisotopic (exact) mass is 393 g/mol. The number of para-hydroxylation sites is 1. The summed E-state index contributed by atoms with van der Waals surface area (Å²) in [6.07, 6.45) is 0. The van der Waals surface area contributed by atoms with Gasteiger partial charge in [0.1, 0.15) is 12.1 Å². The summed E-state index contributed by atoms with van der Waals surface area (Å²) in [6, 6.07) is 17.6. The van der Waals surface area contributed by atoms with Crippen molar-refractivity contribution in [2.24, 2.45) is 7.05 Å². The molecule has 0 aliphatic heterocycles. The van der Waals surface area contributed by atoms with E-state index in [9.17, 15) is 4.79 Å². The van der Waals surface area contributed by atoms with Gasteiger partial charge in [-0.3, -0.25) is 4.79 Å². The van der Waals surface area contributed by atoms with Gasteiger partial charge in [0.2, 0.25) is 5.91 Å². The summed E-state index contributed by atoms with van der Waals surface area (Å²) in [7, 11) is 1.89. The number of carbonyl (C=O) groups is 1. The first-order valence-electron chi connectivity index (χ1n) is 8.80. The highest BCUT2D eigenvalue weighted by Gasteiger charge is 2.13. The molecule has 9 heteroatoms. The zero-order chi connectivity index (χ0) is 19.3. The molecule has 1 amide bonds. The molecule has 0 atom stereocenters. The molecule has 0 saturated heterocycles. The van der Waals surface area contributed by atoms with Crippen LogP contribution in [0.3, 0.4) is 0 Å². The van der Waals surface area contributed by atoms with Gasteiger partial charge in [-0.25, -0.2) is 4.68 Å². The third-order valence-electron chi connectivity index (χ3n) is 4.30. The highest BCUT2D eigenvalue weighted by molar-refractivity contribution is 7.99. The lowest BCUT2D eigenvalue weighted by Crippen LogP contribution is -2.24. The van der Waals surface area contributed by atoms with Crippen LogP contribution in [0.1, 0.15) is 11.4 Å². The molecule has 0 fully saturated rings. The zero-order valence-electron chi connectivity index (χ0n) is 15.3. The lowest BCUT2D eigenvalue weighted by atomic mass is 10.2. The molecule has 2 heterocycles. The first-order chi connectivity index (χ1) is 13.7. The molecule has 4 rings (SSSR count). The highest BCUT2D eigenvalue weighted by Crippen LogP contribution is 2.17. The molecule has 0 bridgehead atoms. The molecular formula is C19H19N7OS. The minimum atomic E-state index is -0.0410. The van der Waals surface area contributed by atoms with Crippen molar-refractivity contribution in [3.63, 3.8) is 0 Å². The summed E-state index contributed by atoms with van der Waals surface area (Å²) >= 11 is 1.36. The summed E-state index contributed by atoms with van der Waals surface area (Å²) in [5, 5.41) is 20.4. The molecular weight excluding hydrogens is 374 g/mol. The van der Waals surface area contributed by atoms with Crippen LogP contribution in [0.5, 0.6) is 0 Å². The van der Waals surface area contributed by atoms with E-state index in [-0.39, 0.29) is 11.7 Å². The standard InChI is InChI=1S/C19H19N7OS/c1-25-17(12-26-16-10-6-5-9-15(16)21-24-26)22-23-19(25)28-13-18(27)20-11-14-7-3-2-4-8-14/h2-10H,11-13H2,1H3,(H,20,27). The van der Waals surface area contributed by atoms with E-state index in [1.165, 1.54) is 11.8 Å². The van der Waals surface area contributed by atoms with E-state index in [2.05, 4.69) is 25.8 Å². The minimum Gasteiger partial charge on any atom is -0.351 e. The number of benzene rings is 2. The predicted molar refractivity (Wildman–Crippen MR) is 107 cm³/mol. The van der Waals surface area contributed by atoms with Gasteiger partial charge in [0.15, 0.2) is 11.0 Å². The fourth-order valence-electron chi connectivity index (χ4n) is 2.75. The Morgan fingerprint density at radius 2 is 1.82 bits per heavy atom. The van der Waals surface area contributed by atoms with Crippen LogP contribution in [0, 0.1) is 0 Å². The Hall–Kier alpha value is -3.20. The lowest BCUT2D eigenvalue weighted by molar-refractivity contribution is -0.118. The molecule has 8 nitrogen and oxygen atoms in total. The Labute approximate surface area is 166 Å². The Bertz CT molecular complexity index is 1090. The van der Waals surface area contributed by atoms with Crippen LogP contribution >= 0.6 is 11.8 Å². The number of fused-ring (bicyclic) bond motifs is 1. The van der Waals surface area contributed by atoms with E-state index in [1.807, 2.05) is 66.2 Å². The van der Waals surface area contributed by atoms with E-state index >= 15 is 0 Å². The topological polar surface area (TPSA) is 90.5 Å². The quantitative estimate of drug-likeness (QED) is 0.483. The summed E-state index contributed by atoms with van der Waals surface area (Å²) < 4.78 is 3.67. The number of hydrogen-bond donors (Lipinski definition) is 1. The van der Waals surface area contributed by atoms with Crippen LogP contribution in [0.2, 0.25) is 0 Å². The van der Waals surface area contributed by atoms with Crippen LogP contribution < -0.4 is 5.32 Å². The number of aromatic nitrogens is 6. The number of hydrogen-bond acceptors (Lipinski definition) is 6. The predicted octanol–water partition coefficient (Wildman–Crippen LogP) is 2.02. The maximum Gasteiger partial charge on any atom is 0.230 e. The molecule has 1 N–H and O–H groups in total. The smallest absolute Gasteiger partial charge is 0.230 e. The van der Waals surface area contributed by atoms with E-state index in [4.69, 9.17) is 0 Å². The largest absolute Gasteiger partial charge is 0.351 e. The van der Waals surface area contributed by atoms with Crippen molar-refractivity contribution in [2.75, 3.05) is 5.75 Å². The van der Waals surface area contributed by atoms with Crippen LogP contribution in [0.15, 0.2) is 59.8 Å². The van der Waals surface area contributed by atoms with Gasteiger partial charge in [0.05, 0.1) is 11.3 Å².